The Morgan fingerprint density at radius 3 is 2.58 bits per heavy atom. The zero-order valence-electron chi connectivity index (χ0n) is 13.6. The summed E-state index contributed by atoms with van der Waals surface area (Å²) in [6.45, 7) is 0. The fourth-order valence-corrected chi connectivity index (χ4v) is 2.89. The first-order chi connectivity index (χ1) is 12.6. The number of carbonyl (C=O) groups excluding carboxylic acids is 1. The number of rotatable bonds is 6. The maximum Gasteiger partial charge on any atom is 0.311 e. The standard InChI is InChI=1S/C20H15Cl2NO3/c21-19(22)11-14-10-17(14)20(24)26-18(12-23)13-5-4-8-16(9-13)25-15-6-2-1-3-7-15/h1-9,11,14,17-18H,10H2/t14-,17-,18?/m1/s1. The van der Waals surface area contributed by atoms with Crippen LogP contribution in [0.25, 0.3) is 0 Å². The van der Waals surface area contributed by atoms with Crippen LogP contribution >= 0.6 is 23.2 Å². The highest BCUT2D eigenvalue weighted by Gasteiger charge is 2.43. The normalized spacial score (nSPS) is 19.0. The number of halogens is 2. The Labute approximate surface area is 161 Å². The number of nitriles is 1. The van der Waals surface area contributed by atoms with Crippen molar-refractivity contribution in [3.63, 3.8) is 0 Å². The lowest BCUT2D eigenvalue weighted by atomic mass is 10.1. The lowest BCUT2D eigenvalue weighted by Crippen LogP contribution is -2.12. The zero-order chi connectivity index (χ0) is 18.5. The van der Waals surface area contributed by atoms with Gasteiger partial charge in [0.05, 0.1) is 5.92 Å². The Kier molecular flexibility index (Phi) is 5.82. The number of carbonyl (C=O) groups is 1. The van der Waals surface area contributed by atoms with Gasteiger partial charge in [-0.05, 0) is 36.6 Å². The molecule has 26 heavy (non-hydrogen) atoms. The summed E-state index contributed by atoms with van der Waals surface area (Å²) in [5, 5.41) is 9.40. The summed E-state index contributed by atoms with van der Waals surface area (Å²) in [5.41, 5.74) is 0.553. The molecule has 0 spiro atoms. The lowest BCUT2D eigenvalue weighted by molar-refractivity contribution is -0.148. The molecule has 1 aliphatic carbocycles. The first-order valence-corrected chi connectivity index (χ1v) is 8.78. The summed E-state index contributed by atoms with van der Waals surface area (Å²) in [6.07, 6.45) is 1.24. The summed E-state index contributed by atoms with van der Waals surface area (Å²) in [7, 11) is 0. The van der Waals surface area contributed by atoms with Gasteiger partial charge in [-0.25, -0.2) is 0 Å². The van der Waals surface area contributed by atoms with E-state index in [-0.39, 0.29) is 16.3 Å². The quantitative estimate of drug-likeness (QED) is 0.610. The maximum absolute atomic E-state index is 12.2. The number of para-hydroxylation sites is 1. The molecule has 0 heterocycles. The van der Waals surface area contributed by atoms with E-state index in [0.29, 0.717) is 23.5 Å². The van der Waals surface area contributed by atoms with E-state index in [1.165, 1.54) is 0 Å². The van der Waals surface area contributed by atoms with Crippen molar-refractivity contribution in [1.29, 1.82) is 5.26 Å². The molecule has 1 fully saturated rings. The summed E-state index contributed by atoms with van der Waals surface area (Å²) in [5.74, 6) is 0.482. The van der Waals surface area contributed by atoms with Crippen LogP contribution in [0.1, 0.15) is 18.1 Å². The molecular formula is C20H15Cl2NO3. The predicted molar refractivity (Wildman–Crippen MR) is 98.8 cm³/mol. The van der Waals surface area contributed by atoms with E-state index in [1.807, 2.05) is 36.4 Å². The molecule has 0 aliphatic heterocycles. The van der Waals surface area contributed by atoms with Crippen molar-refractivity contribution < 1.29 is 14.3 Å². The molecule has 6 heteroatoms. The SMILES string of the molecule is N#CC(OC(=O)[C@@H]1C[C@@H]1C=C(Cl)Cl)c1cccc(Oc2ccccc2)c1. The van der Waals surface area contributed by atoms with Crippen molar-refractivity contribution in [2.75, 3.05) is 0 Å². The molecule has 0 amide bonds. The molecule has 2 aromatic carbocycles. The third-order valence-corrected chi connectivity index (χ3v) is 4.23. The van der Waals surface area contributed by atoms with Crippen LogP contribution in [0.15, 0.2) is 65.2 Å². The Bertz CT molecular complexity index is 857. The molecular weight excluding hydrogens is 373 g/mol. The van der Waals surface area contributed by atoms with E-state index < -0.39 is 12.1 Å². The van der Waals surface area contributed by atoms with E-state index >= 15 is 0 Å². The third kappa shape index (κ3) is 4.78. The number of hydrogen-bond acceptors (Lipinski definition) is 4. The summed E-state index contributed by atoms with van der Waals surface area (Å²) < 4.78 is 11.2. The first-order valence-electron chi connectivity index (χ1n) is 8.02. The minimum atomic E-state index is -1.00. The van der Waals surface area contributed by atoms with Crippen molar-refractivity contribution in [3.8, 4) is 17.6 Å². The van der Waals surface area contributed by atoms with Crippen LogP contribution in [-0.4, -0.2) is 5.97 Å². The lowest BCUT2D eigenvalue weighted by Gasteiger charge is -2.13. The summed E-state index contributed by atoms with van der Waals surface area (Å²) in [4.78, 5) is 12.2. The highest BCUT2D eigenvalue weighted by Crippen LogP contribution is 2.43. The molecule has 1 aliphatic rings. The average molecular weight is 388 g/mol. The van der Waals surface area contributed by atoms with Crippen LogP contribution in [0.3, 0.4) is 0 Å². The van der Waals surface area contributed by atoms with Crippen molar-refractivity contribution in [3.05, 3.63) is 70.7 Å². The van der Waals surface area contributed by atoms with Gasteiger partial charge in [-0.15, -0.1) is 0 Å². The Morgan fingerprint density at radius 1 is 1.15 bits per heavy atom. The predicted octanol–water partition coefficient (Wildman–Crippen LogP) is 5.54. The molecule has 3 rings (SSSR count). The van der Waals surface area contributed by atoms with E-state index in [9.17, 15) is 10.1 Å². The van der Waals surface area contributed by atoms with Gasteiger partial charge in [0.15, 0.2) is 0 Å². The number of esters is 1. The van der Waals surface area contributed by atoms with Gasteiger partial charge in [-0.2, -0.15) is 5.26 Å². The van der Waals surface area contributed by atoms with Gasteiger partial charge in [0.25, 0.3) is 0 Å². The second kappa shape index (κ2) is 8.27. The maximum atomic E-state index is 12.2. The fourth-order valence-electron chi connectivity index (χ4n) is 2.57. The molecule has 132 valence electrons. The molecule has 0 saturated heterocycles. The first kappa shape index (κ1) is 18.3. The van der Waals surface area contributed by atoms with Gasteiger partial charge < -0.3 is 9.47 Å². The minimum Gasteiger partial charge on any atom is -0.457 e. The largest absolute Gasteiger partial charge is 0.457 e. The monoisotopic (exact) mass is 387 g/mol. The van der Waals surface area contributed by atoms with E-state index in [1.54, 1.807) is 30.3 Å². The smallest absolute Gasteiger partial charge is 0.311 e. The second-order valence-electron chi connectivity index (χ2n) is 5.90. The molecule has 0 N–H and O–H groups in total. The van der Waals surface area contributed by atoms with Gasteiger partial charge in [-0.3, -0.25) is 4.79 Å². The van der Waals surface area contributed by atoms with E-state index in [4.69, 9.17) is 32.7 Å². The second-order valence-corrected chi connectivity index (χ2v) is 6.90. The molecule has 0 aromatic heterocycles. The highest BCUT2D eigenvalue weighted by molar-refractivity contribution is 6.55. The van der Waals surface area contributed by atoms with Gasteiger partial charge in [0.1, 0.15) is 22.1 Å². The Balaban J connectivity index is 1.67. The topological polar surface area (TPSA) is 59.3 Å². The van der Waals surface area contributed by atoms with Crippen LogP contribution < -0.4 is 4.74 Å². The third-order valence-electron chi connectivity index (χ3n) is 3.97. The van der Waals surface area contributed by atoms with Gasteiger partial charge in [0, 0.05) is 5.56 Å². The van der Waals surface area contributed by atoms with Crippen LogP contribution in [0.5, 0.6) is 11.5 Å². The van der Waals surface area contributed by atoms with Crippen LogP contribution in [0, 0.1) is 23.2 Å². The number of allylic oxidation sites excluding steroid dienone is 1. The Hall–Kier alpha value is -2.48. The van der Waals surface area contributed by atoms with Crippen molar-refractivity contribution >= 4 is 29.2 Å². The van der Waals surface area contributed by atoms with Crippen LogP contribution in [0.2, 0.25) is 0 Å². The van der Waals surface area contributed by atoms with Crippen molar-refractivity contribution in [2.24, 2.45) is 11.8 Å². The number of nitrogens with zero attached hydrogens (tertiary/aromatic N) is 1. The molecule has 2 aromatic rings. The van der Waals surface area contributed by atoms with Crippen molar-refractivity contribution in [2.45, 2.75) is 12.5 Å². The fraction of sp³-hybridized carbons (Fsp3) is 0.200. The van der Waals surface area contributed by atoms with Crippen LogP contribution in [0.4, 0.5) is 0 Å². The molecule has 4 nitrogen and oxygen atoms in total. The summed E-state index contributed by atoms with van der Waals surface area (Å²) >= 11 is 11.2. The van der Waals surface area contributed by atoms with Crippen molar-refractivity contribution in [1.82, 2.24) is 0 Å². The number of benzene rings is 2. The summed E-state index contributed by atoms with van der Waals surface area (Å²) in [6, 6.07) is 18.2. The molecule has 3 atom stereocenters. The molecule has 0 bridgehead atoms. The van der Waals surface area contributed by atoms with Gasteiger partial charge in [-0.1, -0.05) is 59.6 Å². The highest BCUT2D eigenvalue weighted by atomic mass is 35.5. The minimum absolute atomic E-state index is 0.0282. The Morgan fingerprint density at radius 2 is 1.88 bits per heavy atom. The molecule has 1 unspecified atom stereocenters. The average Bonchev–Trinajstić information content (AvgIpc) is 3.39. The number of ether oxygens (including phenoxy) is 2. The zero-order valence-corrected chi connectivity index (χ0v) is 15.2. The van der Waals surface area contributed by atoms with E-state index in [0.717, 1.165) is 0 Å². The van der Waals surface area contributed by atoms with E-state index in [2.05, 4.69) is 0 Å². The van der Waals surface area contributed by atoms with Gasteiger partial charge in [0.2, 0.25) is 6.10 Å². The van der Waals surface area contributed by atoms with Crippen LogP contribution in [-0.2, 0) is 9.53 Å². The molecule has 1 saturated carbocycles. The molecule has 0 radical (unpaired) electrons. The van der Waals surface area contributed by atoms with Gasteiger partial charge >= 0.3 is 5.97 Å². The number of hydrogen-bond donors (Lipinski definition) is 0.